The summed E-state index contributed by atoms with van der Waals surface area (Å²) in [5.41, 5.74) is 0. The summed E-state index contributed by atoms with van der Waals surface area (Å²) in [6.07, 6.45) is 2.70. The SMILES string of the molecule is CN1CCC=NCC1=O. The molecule has 1 amide bonds. The number of carbonyl (C=O) groups is 1. The van der Waals surface area contributed by atoms with E-state index >= 15 is 0 Å². The molecule has 9 heavy (non-hydrogen) atoms. The first-order valence-electron chi connectivity index (χ1n) is 3.03. The highest BCUT2D eigenvalue weighted by Gasteiger charge is 2.07. The maximum Gasteiger partial charge on any atom is 0.243 e. The predicted molar refractivity (Wildman–Crippen MR) is 35.6 cm³/mol. The zero-order valence-electron chi connectivity index (χ0n) is 5.50. The lowest BCUT2D eigenvalue weighted by Gasteiger charge is -2.11. The van der Waals surface area contributed by atoms with E-state index in [4.69, 9.17) is 0 Å². The normalized spacial score (nSPS) is 20.1. The van der Waals surface area contributed by atoms with Gasteiger partial charge in [-0.25, -0.2) is 0 Å². The van der Waals surface area contributed by atoms with Crippen LogP contribution in [0.25, 0.3) is 0 Å². The Morgan fingerprint density at radius 1 is 1.78 bits per heavy atom. The van der Waals surface area contributed by atoms with Gasteiger partial charge in [0.05, 0.1) is 0 Å². The molecule has 1 heterocycles. The Kier molecular flexibility index (Phi) is 1.82. The van der Waals surface area contributed by atoms with Crippen molar-refractivity contribution in [3.63, 3.8) is 0 Å². The van der Waals surface area contributed by atoms with E-state index in [0.29, 0.717) is 6.54 Å². The highest BCUT2D eigenvalue weighted by Crippen LogP contribution is 1.92. The lowest BCUT2D eigenvalue weighted by molar-refractivity contribution is -0.128. The van der Waals surface area contributed by atoms with Gasteiger partial charge in [-0.3, -0.25) is 9.79 Å². The Hall–Kier alpha value is -0.860. The van der Waals surface area contributed by atoms with E-state index in [9.17, 15) is 4.79 Å². The van der Waals surface area contributed by atoms with Crippen molar-refractivity contribution in [2.45, 2.75) is 6.42 Å². The summed E-state index contributed by atoms with van der Waals surface area (Å²) in [6, 6.07) is 0. The highest BCUT2D eigenvalue weighted by molar-refractivity contribution is 5.81. The maximum atomic E-state index is 10.8. The van der Waals surface area contributed by atoms with Gasteiger partial charge >= 0.3 is 0 Å². The molecule has 50 valence electrons. The average molecular weight is 126 g/mol. The molecule has 1 rings (SSSR count). The lowest BCUT2D eigenvalue weighted by Crippen LogP contribution is -2.27. The Balaban J connectivity index is 2.52. The van der Waals surface area contributed by atoms with Crippen LogP contribution in [0.5, 0.6) is 0 Å². The first-order valence-corrected chi connectivity index (χ1v) is 3.03. The molecule has 3 heteroatoms. The zero-order valence-corrected chi connectivity index (χ0v) is 5.50. The third-order valence-corrected chi connectivity index (χ3v) is 1.38. The Morgan fingerprint density at radius 3 is 3.33 bits per heavy atom. The minimum Gasteiger partial charge on any atom is -0.344 e. The molecule has 0 bridgehead atoms. The van der Waals surface area contributed by atoms with E-state index < -0.39 is 0 Å². The lowest BCUT2D eigenvalue weighted by atomic mass is 10.4. The van der Waals surface area contributed by atoms with Crippen molar-refractivity contribution < 1.29 is 4.79 Å². The molecule has 0 unspecified atom stereocenters. The molecule has 0 aromatic carbocycles. The Labute approximate surface area is 54.4 Å². The Morgan fingerprint density at radius 2 is 2.56 bits per heavy atom. The molecule has 0 fully saturated rings. The second kappa shape index (κ2) is 2.62. The van der Waals surface area contributed by atoms with Gasteiger partial charge in [0.15, 0.2) is 0 Å². The van der Waals surface area contributed by atoms with Crippen LogP contribution in [0.1, 0.15) is 6.42 Å². The zero-order chi connectivity index (χ0) is 6.69. The van der Waals surface area contributed by atoms with E-state index in [1.807, 2.05) is 0 Å². The molecule has 0 radical (unpaired) electrons. The van der Waals surface area contributed by atoms with Crippen LogP contribution in [-0.4, -0.2) is 37.2 Å². The minimum atomic E-state index is 0.115. The summed E-state index contributed by atoms with van der Waals surface area (Å²) in [4.78, 5) is 16.4. The van der Waals surface area contributed by atoms with Crippen LogP contribution >= 0.6 is 0 Å². The van der Waals surface area contributed by atoms with Gasteiger partial charge in [-0.05, 0) is 6.42 Å². The fourth-order valence-electron chi connectivity index (χ4n) is 0.731. The number of amides is 1. The first kappa shape index (κ1) is 6.26. The number of nitrogens with zero attached hydrogens (tertiary/aromatic N) is 2. The van der Waals surface area contributed by atoms with Gasteiger partial charge < -0.3 is 4.90 Å². The average Bonchev–Trinajstić information content (AvgIpc) is 1.99. The molecule has 0 saturated carbocycles. The van der Waals surface area contributed by atoms with Gasteiger partial charge in [-0.15, -0.1) is 0 Å². The van der Waals surface area contributed by atoms with Crippen LogP contribution in [0.2, 0.25) is 0 Å². The van der Waals surface area contributed by atoms with Crippen LogP contribution in [-0.2, 0) is 4.79 Å². The number of rotatable bonds is 0. The summed E-state index contributed by atoms with van der Waals surface area (Å²) in [5, 5.41) is 0. The fraction of sp³-hybridized carbons (Fsp3) is 0.667. The van der Waals surface area contributed by atoms with Crippen molar-refractivity contribution in [3.8, 4) is 0 Å². The molecule has 1 aliphatic heterocycles. The van der Waals surface area contributed by atoms with E-state index in [1.54, 1.807) is 18.2 Å². The quantitative estimate of drug-likeness (QED) is 0.447. The van der Waals surface area contributed by atoms with Crippen LogP contribution in [0, 0.1) is 0 Å². The number of aliphatic imine (C=N–C) groups is 1. The van der Waals surface area contributed by atoms with Crippen molar-refractivity contribution >= 4 is 12.1 Å². The van der Waals surface area contributed by atoms with Crippen LogP contribution in [0.3, 0.4) is 0 Å². The van der Waals surface area contributed by atoms with Gasteiger partial charge in [-0.2, -0.15) is 0 Å². The number of carbonyl (C=O) groups excluding carboxylic acids is 1. The second-order valence-electron chi connectivity index (χ2n) is 2.13. The molecule has 0 N–H and O–H groups in total. The van der Waals surface area contributed by atoms with Crippen molar-refractivity contribution in [1.29, 1.82) is 0 Å². The number of hydrogen-bond acceptors (Lipinski definition) is 2. The number of likely N-dealkylation sites (N-methyl/N-ethyl adjacent to an activating group) is 1. The molecule has 0 atom stereocenters. The molecule has 0 saturated heterocycles. The van der Waals surface area contributed by atoms with E-state index in [1.165, 1.54) is 0 Å². The van der Waals surface area contributed by atoms with Gasteiger partial charge in [0.2, 0.25) is 5.91 Å². The molecule has 0 aromatic heterocycles. The summed E-state index contributed by atoms with van der Waals surface area (Å²) in [6.45, 7) is 1.14. The summed E-state index contributed by atoms with van der Waals surface area (Å²) >= 11 is 0. The molecular formula is C6H10N2O. The van der Waals surface area contributed by atoms with Crippen LogP contribution < -0.4 is 0 Å². The molecule has 3 nitrogen and oxygen atoms in total. The predicted octanol–water partition coefficient (Wildman–Crippen LogP) is -0.0807. The van der Waals surface area contributed by atoms with Crippen molar-refractivity contribution in [2.75, 3.05) is 20.1 Å². The minimum absolute atomic E-state index is 0.115. The second-order valence-corrected chi connectivity index (χ2v) is 2.13. The first-order chi connectivity index (χ1) is 4.30. The van der Waals surface area contributed by atoms with Crippen molar-refractivity contribution in [1.82, 2.24) is 4.90 Å². The molecule has 0 aliphatic carbocycles. The summed E-state index contributed by atoms with van der Waals surface area (Å²) in [7, 11) is 1.80. The largest absolute Gasteiger partial charge is 0.344 e. The van der Waals surface area contributed by atoms with E-state index in [2.05, 4.69) is 4.99 Å². The molecule has 0 aromatic rings. The van der Waals surface area contributed by atoms with Crippen molar-refractivity contribution in [2.24, 2.45) is 4.99 Å². The van der Waals surface area contributed by atoms with E-state index in [0.717, 1.165) is 13.0 Å². The fourth-order valence-corrected chi connectivity index (χ4v) is 0.731. The van der Waals surface area contributed by atoms with E-state index in [-0.39, 0.29) is 5.91 Å². The highest BCUT2D eigenvalue weighted by atomic mass is 16.2. The molecule has 1 aliphatic rings. The standard InChI is InChI=1S/C6H10N2O/c1-8-4-2-3-7-5-6(8)9/h3H,2,4-5H2,1H3. The van der Waals surface area contributed by atoms with Gasteiger partial charge in [0.1, 0.15) is 6.54 Å². The topological polar surface area (TPSA) is 32.7 Å². The number of hydrogen-bond donors (Lipinski definition) is 0. The Bertz CT molecular complexity index is 142. The third-order valence-electron chi connectivity index (χ3n) is 1.38. The summed E-state index contributed by atoms with van der Waals surface area (Å²) in [5.74, 6) is 0.115. The maximum absolute atomic E-state index is 10.8. The van der Waals surface area contributed by atoms with Gasteiger partial charge in [0.25, 0.3) is 0 Å². The molecular weight excluding hydrogens is 116 g/mol. The third kappa shape index (κ3) is 1.52. The van der Waals surface area contributed by atoms with Gasteiger partial charge in [0, 0.05) is 19.8 Å². The smallest absolute Gasteiger partial charge is 0.243 e. The van der Waals surface area contributed by atoms with Gasteiger partial charge in [-0.1, -0.05) is 0 Å². The van der Waals surface area contributed by atoms with Crippen LogP contribution in [0.4, 0.5) is 0 Å². The van der Waals surface area contributed by atoms with Crippen LogP contribution in [0.15, 0.2) is 4.99 Å². The monoisotopic (exact) mass is 126 g/mol. The molecule has 0 spiro atoms. The summed E-state index contributed by atoms with van der Waals surface area (Å²) < 4.78 is 0. The van der Waals surface area contributed by atoms with Crippen molar-refractivity contribution in [3.05, 3.63) is 0 Å².